The highest BCUT2D eigenvalue weighted by atomic mass is 79.9. The summed E-state index contributed by atoms with van der Waals surface area (Å²) in [5.41, 5.74) is 1.94. The molecule has 1 aromatic carbocycles. The Balaban J connectivity index is 2.28. The summed E-state index contributed by atoms with van der Waals surface area (Å²) in [7, 11) is 1.63. The maximum Gasteiger partial charge on any atom is 0.156 e. The van der Waals surface area contributed by atoms with Crippen LogP contribution in [0.3, 0.4) is 0 Å². The molecule has 0 saturated carbocycles. The van der Waals surface area contributed by atoms with Crippen molar-refractivity contribution in [1.82, 2.24) is 4.98 Å². The lowest BCUT2D eigenvalue weighted by Gasteiger charge is -2.18. The van der Waals surface area contributed by atoms with E-state index in [0.29, 0.717) is 5.02 Å². The van der Waals surface area contributed by atoms with Gasteiger partial charge in [-0.2, -0.15) is 0 Å². The van der Waals surface area contributed by atoms with Crippen LogP contribution >= 0.6 is 27.5 Å². The highest BCUT2D eigenvalue weighted by molar-refractivity contribution is 9.10. The molecule has 19 heavy (non-hydrogen) atoms. The summed E-state index contributed by atoms with van der Waals surface area (Å²) in [5.74, 6) is 0.736. The van der Waals surface area contributed by atoms with Crippen LogP contribution in [0.2, 0.25) is 5.02 Å². The van der Waals surface area contributed by atoms with Crippen molar-refractivity contribution in [2.75, 3.05) is 12.4 Å². The molecule has 2 aromatic rings. The van der Waals surface area contributed by atoms with Crippen molar-refractivity contribution in [3.05, 3.63) is 51.7 Å². The fourth-order valence-corrected chi connectivity index (χ4v) is 2.80. The Kier molecular flexibility index (Phi) is 4.66. The summed E-state index contributed by atoms with van der Waals surface area (Å²) < 4.78 is 6.21. The molecule has 1 atom stereocenters. The summed E-state index contributed by atoms with van der Waals surface area (Å²) in [4.78, 5) is 4.12. The van der Waals surface area contributed by atoms with Gasteiger partial charge in [0.2, 0.25) is 0 Å². The van der Waals surface area contributed by atoms with Gasteiger partial charge in [0.25, 0.3) is 0 Å². The van der Waals surface area contributed by atoms with Crippen molar-refractivity contribution in [1.29, 1.82) is 0 Å². The van der Waals surface area contributed by atoms with E-state index in [0.717, 1.165) is 21.5 Å². The normalized spacial score (nSPS) is 12.0. The molecule has 0 spiro atoms. The molecule has 1 heterocycles. The number of aromatic nitrogens is 1. The molecule has 1 N–H and O–H groups in total. The van der Waals surface area contributed by atoms with Crippen LogP contribution in [0, 0.1) is 0 Å². The molecular weight excluding hydrogens is 328 g/mol. The third-order valence-corrected chi connectivity index (χ3v) is 3.58. The number of nitrogens with zero attached hydrogens (tertiary/aromatic N) is 1. The van der Waals surface area contributed by atoms with E-state index in [1.54, 1.807) is 19.4 Å². The molecule has 1 unspecified atom stereocenters. The van der Waals surface area contributed by atoms with Crippen LogP contribution in [-0.2, 0) is 0 Å². The largest absolute Gasteiger partial charge is 0.493 e. The van der Waals surface area contributed by atoms with Gasteiger partial charge >= 0.3 is 0 Å². The van der Waals surface area contributed by atoms with E-state index in [-0.39, 0.29) is 6.04 Å². The number of pyridine rings is 1. The standard InChI is InChI=1S/C14H14BrClN2O/c1-9(10-4-3-5-17-8-10)18-13-7-11(16)6-12(15)14(13)19-2/h3-9,18H,1-2H3. The third kappa shape index (κ3) is 3.39. The quantitative estimate of drug-likeness (QED) is 0.877. The zero-order valence-corrected chi connectivity index (χ0v) is 13.0. The molecule has 0 aliphatic heterocycles. The minimum absolute atomic E-state index is 0.105. The zero-order chi connectivity index (χ0) is 13.8. The van der Waals surface area contributed by atoms with Gasteiger partial charge in [-0.15, -0.1) is 0 Å². The molecule has 0 saturated heterocycles. The number of anilines is 1. The van der Waals surface area contributed by atoms with Gasteiger partial charge in [0.1, 0.15) is 0 Å². The molecule has 100 valence electrons. The Morgan fingerprint density at radius 3 is 2.84 bits per heavy atom. The molecule has 3 nitrogen and oxygen atoms in total. The van der Waals surface area contributed by atoms with Crippen LogP contribution in [0.1, 0.15) is 18.5 Å². The van der Waals surface area contributed by atoms with Gasteiger partial charge in [0.05, 0.1) is 23.3 Å². The van der Waals surface area contributed by atoms with Crippen molar-refractivity contribution < 1.29 is 4.74 Å². The average Bonchev–Trinajstić information content (AvgIpc) is 2.39. The van der Waals surface area contributed by atoms with Crippen molar-refractivity contribution in [3.63, 3.8) is 0 Å². The Hall–Kier alpha value is -1.26. The lowest BCUT2D eigenvalue weighted by Crippen LogP contribution is -2.08. The summed E-state index contributed by atoms with van der Waals surface area (Å²) in [6, 6.07) is 7.70. The molecule has 2 rings (SSSR count). The second-order valence-electron chi connectivity index (χ2n) is 4.12. The second kappa shape index (κ2) is 6.26. The van der Waals surface area contributed by atoms with E-state index < -0.39 is 0 Å². The Morgan fingerprint density at radius 1 is 1.42 bits per heavy atom. The van der Waals surface area contributed by atoms with Crippen LogP contribution in [-0.4, -0.2) is 12.1 Å². The fraction of sp³-hybridized carbons (Fsp3) is 0.214. The van der Waals surface area contributed by atoms with E-state index in [9.17, 15) is 0 Å². The number of methoxy groups -OCH3 is 1. The molecule has 0 aliphatic carbocycles. The molecular formula is C14H14BrClN2O. The number of ether oxygens (including phenoxy) is 1. The van der Waals surface area contributed by atoms with Crippen LogP contribution < -0.4 is 10.1 Å². The maximum atomic E-state index is 6.07. The number of halogens is 2. The lowest BCUT2D eigenvalue weighted by molar-refractivity contribution is 0.413. The maximum absolute atomic E-state index is 6.07. The highest BCUT2D eigenvalue weighted by Gasteiger charge is 2.12. The average molecular weight is 342 g/mol. The molecule has 0 bridgehead atoms. The monoisotopic (exact) mass is 340 g/mol. The van der Waals surface area contributed by atoms with E-state index in [4.69, 9.17) is 16.3 Å². The third-order valence-electron chi connectivity index (χ3n) is 2.77. The van der Waals surface area contributed by atoms with Crippen molar-refractivity contribution in [2.24, 2.45) is 0 Å². The summed E-state index contributed by atoms with van der Waals surface area (Å²) in [6.45, 7) is 2.06. The van der Waals surface area contributed by atoms with Gasteiger partial charge in [-0.25, -0.2) is 0 Å². The lowest BCUT2D eigenvalue weighted by atomic mass is 10.1. The smallest absolute Gasteiger partial charge is 0.156 e. The zero-order valence-electron chi connectivity index (χ0n) is 10.7. The first-order valence-electron chi connectivity index (χ1n) is 5.81. The fourth-order valence-electron chi connectivity index (χ4n) is 1.82. The van der Waals surface area contributed by atoms with E-state index in [1.165, 1.54) is 0 Å². The van der Waals surface area contributed by atoms with Gasteiger partial charge in [0, 0.05) is 17.4 Å². The summed E-state index contributed by atoms with van der Waals surface area (Å²) in [5, 5.41) is 4.03. The first-order valence-corrected chi connectivity index (χ1v) is 6.98. The predicted octanol–water partition coefficient (Wildman–Crippen LogP) is 4.68. The van der Waals surface area contributed by atoms with Crippen LogP contribution in [0.25, 0.3) is 0 Å². The molecule has 0 aliphatic rings. The minimum atomic E-state index is 0.105. The van der Waals surface area contributed by atoms with Crippen LogP contribution in [0.5, 0.6) is 5.75 Å². The number of hydrogen-bond acceptors (Lipinski definition) is 3. The van der Waals surface area contributed by atoms with E-state index in [1.807, 2.05) is 24.4 Å². The Bertz CT molecular complexity index is 563. The van der Waals surface area contributed by atoms with E-state index >= 15 is 0 Å². The molecule has 5 heteroatoms. The Morgan fingerprint density at radius 2 is 2.21 bits per heavy atom. The van der Waals surface area contributed by atoms with Gasteiger partial charge in [0.15, 0.2) is 5.75 Å². The summed E-state index contributed by atoms with van der Waals surface area (Å²) >= 11 is 9.51. The predicted molar refractivity (Wildman–Crippen MR) is 82.0 cm³/mol. The SMILES string of the molecule is COc1c(Br)cc(Cl)cc1NC(C)c1cccnc1. The molecule has 0 radical (unpaired) electrons. The first-order chi connectivity index (χ1) is 9.11. The topological polar surface area (TPSA) is 34.1 Å². The van der Waals surface area contributed by atoms with Gasteiger partial charge in [-0.05, 0) is 46.6 Å². The Labute approximate surface area is 126 Å². The van der Waals surface area contributed by atoms with Gasteiger partial charge in [-0.3, -0.25) is 4.98 Å². The summed E-state index contributed by atoms with van der Waals surface area (Å²) in [6.07, 6.45) is 3.59. The highest BCUT2D eigenvalue weighted by Crippen LogP contribution is 2.37. The van der Waals surface area contributed by atoms with Gasteiger partial charge in [-0.1, -0.05) is 17.7 Å². The van der Waals surface area contributed by atoms with Crippen molar-refractivity contribution in [3.8, 4) is 5.75 Å². The molecule has 0 fully saturated rings. The number of rotatable bonds is 4. The number of hydrogen-bond donors (Lipinski definition) is 1. The molecule has 1 aromatic heterocycles. The van der Waals surface area contributed by atoms with Crippen molar-refractivity contribution in [2.45, 2.75) is 13.0 Å². The minimum Gasteiger partial charge on any atom is -0.493 e. The van der Waals surface area contributed by atoms with Crippen LogP contribution in [0.15, 0.2) is 41.1 Å². The van der Waals surface area contributed by atoms with Crippen LogP contribution in [0.4, 0.5) is 5.69 Å². The molecule has 0 amide bonds. The number of nitrogens with one attached hydrogen (secondary N) is 1. The van der Waals surface area contributed by atoms with E-state index in [2.05, 4.69) is 33.2 Å². The second-order valence-corrected chi connectivity index (χ2v) is 5.41. The van der Waals surface area contributed by atoms with Gasteiger partial charge < -0.3 is 10.1 Å². The van der Waals surface area contributed by atoms with Crippen molar-refractivity contribution >= 4 is 33.2 Å². The first kappa shape index (κ1) is 14.2. The number of benzene rings is 1.